The predicted octanol–water partition coefficient (Wildman–Crippen LogP) is 3.41. The molecule has 1 amide bonds. The lowest BCUT2D eigenvalue weighted by molar-refractivity contribution is -0.140. The maximum atomic E-state index is 12.8. The third-order valence-corrected chi connectivity index (χ3v) is 5.97. The molecule has 4 nitrogen and oxygen atoms in total. The van der Waals surface area contributed by atoms with Crippen LogP contribution in [0.1, 0.15) is 54.2 Å². The van der Waals surface area contributed by atoms with Crippen molar-refractivity contribution in [2.75, 3.05) is 6.54 Å². The van der Waals surface area contributed by atoms with Crippen LogP contribution < -0.4 is 0 Å². The first-order valence-electron chi connectivity index (χ1n) is 8.15. The third kappa shape index (κ3) is 3.35. The van der Waals surface area contributed by atoms with Gasteiger partial charge in [0, 0.05) is 40.6 Å². The monoisotopic (exact) mass is 321 g/mol. The van der Waals surface area contributed by atoms with E-state index in [4.69, 9.17) is 5.11 Å². The van der Waals surface area contributed by atoms with Gasteiger partial charge in [-0.15, -0.1) is 11.3 Å². The second-order valence-electron chi connectivity index (χ2n) is 6.51. The fraction of sp³-hybridized carbons (Fsp3) is 0.647. The second-order valence-corrected chi connectivity index (χ2v) is 7.83. The highest BCUT2D eigenvalue weighted by Gasteiger charge is 2.47. The van der Waals surface area contributed by atoms with E-state index in [9.17, 15) is 9.59 Å². The minimum absolute atomic E-state index is 0.128. The van der Waals surface area contributed by atoms with Gasteiger partial charge in [0.05, 0.1) is 0 Å². The van der Waals surface area contributed by atoms with Crippen LogP contribution in [-0.2, 0) is 9.59 Å². The summed E-state index contributed by atoms with van der Waals surface area (Å²) >= 11 is 1.79. The van der Waals surface area contributed by atoms with Crippen molar-refractivity contribution >= 4 is 23.2 Å². The summed E-state index contributed by atoms with van der Waals surface area (Å²) in [7, 11) is 0. The molecular weight excluding hydrogens is 298 g/mol. The number of carbonyl (C=O) groups is 2. The third-order valence-electron chi connectivity index (χ3n) is 4.84. The Morgan fingerprint density at radius 3 is 2.86 bits per heavy atom. The molecular formula is C17H23NO3S. The number of carbonyl (C=O) groups excluding carboxylic acids is 1. The lowest BCUT2D eigenvalue weighted by atomic mass is 9.97. The van der Waals surface area contributed by atoms with E-state index in [1.54, 1.807) is 11.3 Å². The molecule has 120 valence electrons. The Kier molecular flexibility index (Phi) is 4.52. The van der Waals surface area contributed by atoms with Crippen molar-refractivity contribution in [3.05, 3.63) is 21.9 Å². The average molecular weight is 321 g/mol. The van der Waals surface area contributed by atoms with Gasteiger partial charge in [0.1, 0.15) is 0 Å². The number of piperidine rings is 1. The molecule has 1 N–H and O–H groups in total. The molecule has 5 heteroatoms. The van der Waals surface area contributed by atoms with Crippen LogP contribution in [0, 0.1) is 12.8 Å². The summed E-state index contributed by atoms with van der Waals surface area (Å²) in [5.41, 5.74) is 0. The Bertz CT molecular complexity index is 568. The van der Waals surface area contributed by atoms with Crippen LogP contribution in [0.4, 0.5) is 0 Å². The van der Waals surface area contributed by atoms with Crippen LogP contribution in [0.3, 0.4) is 0 Å². The van der Waals surface area contributed by atoms with E-state index in [1.807, 2.05) is 4.90 Å². The molecule has 3 rings (SSSR count). The lowest BCUT2D eigenvalue weighted by Gasteiger charge is -2.36. The van der Waals surface area contributed by atoms with Crippen LogP contribution in [0.5, 0.6) is 0 Å². The molecule has 1 saturated carbocycles. The second kappa shape index (κ2) is 6.41. The molecule has 2 heterocycles. The first kappa shape index (κ1) is 15.5. The van der Waals surface area contributed by atoms with Gasteiger partial charge in [0.2, 0.25) is 5.91 Å². The van der Waals surface area contributed by atoms with E-state index in [0.717, 1.165) is 32.2 Å². The summed E-state index contributed by atoms with van der Waals surface area (Å²) in [4.78, 5) is 28.2. The number of aliphatic carboxylic acids is 1. The van der Waals surface area contributed by atoms with Gasteiger partial charge in [-0.25, -0.2) is 0 Å². The standard InChI is InChI=1S/C17H23NO3S/c1-11-5-7-15(22-11)13-10-14(13)17(21)18-9-3-2-4-12(18)6-8-16(19)20/h5,7,12-14H,2-4,6,8-10H2,1H3,(H,19,20)/t12-,13+,14+/m0/s1. The van der Waals surface area contributed by atoms with Gasteiger partial charge in [0.15, 0.2) is 0 Å². The summed E-state index contributed by atoms with van der Waals surface area (Å²) in [6, 6.07) is 4.40. The number of thiophene rings is 1. The number of aryl methyl sites for hydroxylation is 1. The van der Waals surface area contributed by atoms with Crippen LogP contribution >= 0.6 is 11.3 Å². The average Bonchev–Trinajstić information content (AvgIpc) is 3.19. The number of carboxylic acids is 1. The number of nitrogens with zero attached hydrogens (tertiary/aromatic N) is 1. The Hall–Kier alpha value is -1.36. The minimum atomic E-state index is -0.767. The molecule has 1 aliphatic heterocycles. The minimum Gasteiger partial charge on any atom is -0.481 e. The molecule has 2 fully saturated rings. The smallest absolute Gasteiger partial charge is 0.303 e. The molecule has 0 bridgehead atoms. The van der Waals surface area contributed by atoms with E-state index in [-0.39, 0.29) is 24.3 Å². The number of rotatable bonds is 5. The van der Waals surface area contributed by atoms with Crippen LogP contribution in [-0.4, -0.2) is 34.5 Å². The van der Waals surface area contributed by atoms with E-state index < -0.39 is 5.97 Å². The quantitative estimate of drug-likeness (QED) is 0.904. The Balaban J connectivity index is 1.62. The Morgan fingerprint density at radius 2 is 2.18 bits per heavy atom. The highest BCUT2D eigenvalue weighted by Crippen LogP contribution is 2.51. The van der Waals surface area contributed by atoms with Crippen molar-refractivity contribution in [1.82, 2.24) is 4.90 Å². The van der Waals surface area contributed by atoms with Gasteiger partial charge in [-0.3, -0.25) is 9.59 Å². The maximum Gasteiger partial charge on any atom is 0.303 e. The number of hydrogen-bond acceptors (Lipinski definition) is 3. The van der Waals surface area contributed by atoms with Crippen molar-refractivity contribution in [2.24, 2.45) is 5.92 Å². The zero-order chi connectivity index (χ0) is 15.7. The largest absolute Gasteiger partial charge is 0.481 e. The van der Waals surface area contributed by atoms with E-state index in [0.29, 0.717) is 12.3 Å². The normalized spacial score (nSPS) is 27.7. The number of carboxylic acid groups (broad SMARTS) is 1. The number of hydrogen-bond donors (Lipinski definition) is 1. The summed E-state index contributed by atoms with van der Waals surface area (Å²) in [6.07, 6.45) is 4.82. The van der Waals surface area contributed by atoms with Crippen molar-refractivity contribution < 1.29 is 14.7 Å². The van der Waals surface area contributed by atoms with Crippen LogP contribution in [0.25, 0.3) is 0 Å². The van der Waals surface area contributed by atoms with E-state index >= 15 is 0 Å². The molecule has 2 aliphatic rings. The predicted molar refractivity (Wildman–Crippen MR) is 86.1 cm³/mol. The molecule has 1 aliphatic carbocycles. The molecule has 3 atom stereocenters. The van der Waals surface area contributed by atoms with Gasteiger partial charge in [-0.2, -0.15) is 0 Å². The van der Waals surface area contributed by atoms with Gasteiger partial charge in [0.25, 0.3) is 0 Å². The van der Waals surface area contributed by atoms with Gasteiger partial charge < -0.3 is 10.0 Å². The summed E-state index contributed by atoms with van der Waals surface area (Å²) in [6.45, 7) is 2.90. The molecule has 0 spiro atoms. The summed E-state index contributed by atoms with van der Waals surface area (Å²) < 4.78 is 0. The van der Waals surface area contributed by atoms with Gasteiger partial charge in [-0.05, 0) is 51.2 Å². The zero-order valence-corrected chi connectivity index (χ0v) is 13.8. The highest BCUT2D eigenvalue weighted by molar-refractivity contribution is 7.12. The molecule has 1 aromatic heterocycles. The topological polar surface area (TPSA) is 57.6 Å². The van der Waals surface area contributed by atoms with Crippen LogP contribution in [0.2, 0.25) is 0 Å². The zero-order valence-electron chi connectivity index (χ0n) is 13.0. The molecule has 1 aromatic rings. The molecule has 0 radical (unpaired) electrons. The Labute approximate surface area is 135 Å². The van der Waals surface area contributed by atoms with E-state index in [2.05, 4.69) is 19.1 Å². The number of amides is 1. The van der Waals surface area contributed by atoms with Gasteiger partial charge in [-0.1, -0.05) is 0 Å². The summed E-state index contributed by atoms with van der Waals surface area (Å²) in [5.74, 6) is 0.0131. The van der Waals surface area contributed by atoms with Gasteiger partial charge >= 0.3 is 5.97 Å². The fourth-order valence-electron chi connectivity index (χ4n) is 3.53. The number of likely N-dealkylation sites (tertiary alicyclic amines) is 1. The first-order chi connectivity index (χ1) is 10.6. The summed E-state index contributed by atoms with van der Waals surface area (Å²) in [5, 5.41) is 8.88. The van der Waals surface area contributed by atoms with Crippen molar-refractivity contribution in [3.63, 3.8) is 0 Å². The van der Waals surface area contributed by atoms with E-state index in [1.165, 1.54) is 9.75 Å². The molecule has 0 unspecified atom stereocenters. The lowest BCUT2D eigenvalue weighted by Crippen LogP contribution is -2.44. The van der Waals surface area contributed by atoms with Crippen molar-refractivity contribution in [1.29, 1.82) is 0 Å². The van der Waals surface area contributed by atoms with Crippen LogP contribution in [0.15, 0.2) is 12.1 Å². The highest BCUT2D eigenvalue weighted by atomic mass is 32.1. The first-order valence-corrected chi connectivity index (χ1v) is 8.96. The van der Waals surface area contributed by atoms with Crippen molar-refractivity contribution in [2.45, 2.75) is 57.4 Å². The molecule has 22 heavy (non-hydrogen) atoms. The maximum absolute atomic E-state index is 12.8. The molecule has 0 aromatic carbocycles. The fourth-order valence-corrected chi connectivity index (χ4v) is 4.58. The molecule has 1 saturated heterocycles. The Morgan fingerprint density at radius 1 is 1.36 bits per heavy atom. The van der Waals surface area contributed by atoms with Crippen molar-refractivity contribution in [3.8, 4) is 0 Å². The SMILES string of the molecule is Cc1ccc([C@@H]2C[C@H]2C(=O)N2CCCC[C@H]2CCC(=O)O)s1.